The van der Waals surface area contributed by atoms with Crippen LogP contribution in [0.15, 0.2) is 0 Å². The molecule has 1 radical (unpaired) electrons. The molecule has 0 spiro atoms. The second-order valence-corrected chi connectivity index (χ2v) is 1.72. The summed E-state index contributed by atoms with van der Waals surface area (Å²) in [6, 6.07) is 0. The first-order valence-electron chi connectivity index (χ1n) is 2.60. The average Bonchev–Trinajstić information content (AvgIpc) is 1.65. The zero-order chi connectivity index (χ0) is 4.99. The summed E-state index contributed by atoms with van der Waals surface area (Å²) in [4.78, 5) is 0. The summed E-state index contributed by atoms with van der Waals surface area (Å²) >= 11 is 0. The van der Waals surface area contributed by atoms with E-state index in [2.05, 4.69) is 28.0 Å². The van der Waals surface area contributed by atoms with Crippen molar-refractivity contribution in [3.63, 3.8) is 0 Å². The minimum atomic E-state index is 0.810. The van der Waals surface area contributed by atoms with Gasteiger partial charge in [-0.1, -0.05) is 32.9 Å². The van der Waals surface area contributed by atoms with Crippen LogP contribution in [0.4, 0.5) is 0 Å². The number of rotatable bonds is 2. The third-order valence-electron chi connectivity index (χ3n) is 1.21. The lowest BCUT2D eigenvalue weighted by atomic mass is 9.67. The first-order valence-corrected chi connectivity index (χ1v) is 2.60. The van der Waals surface area contributed by atoms with Crippen molar-refractivity contribution >= 4 is 7.28 Å². The van der Waals surface area contributed by atoms with Crippen molar-refractivity contribution in [3.8, 4) is 0 Å². The van der Waals surface area contributed by atoms with E-state index in [9.17, 15) is 0 Å². The van der Waals surface area contributed by atoms with Crippen molar-refractivity contribution in [3.05, 3.63) is 0 Å². The van der Waals surface area contributed by atoms with Crippen LogP contribution >= 0.6 is 0 Å². The van der Waals surface area contributed by atoms with E-state index in [1.807, 2.05) is 0 Å². The molecule has 0 aliphatic heterocycles. The summed E-state index contributed by atoms with van der Waals surface area (Å²) in [5.41, 5.74) is 0. The normalized spacial score (nSPS) is 13.8. The van der Waals surface area contributed by atoms with E-state index in [0.29, 0.717) is 0 Å². The fraction of sp³-hybridized carbons (Fsp3) is 1.00. The molecule has 0 amide bonds. The molecule has 6 heavy (non-hydrogen) atoms. The van der Waals surface area contributed by atoms with Crippen molar-refractivity contribution in [1.29, 1.82) is 0 Å². The van der Waals surface area contributed by atoms with Crippen molar-refractivity contribution in [2.75, 3.05) is 0 Å². The van der Waals surface area contributed by atoms with Crippen LogP contribution in [0.2, 0.25) is 12.6 Å². The maximum atomic E-state index is 2.22. The summed E-state index contributed by atoms with van der Waals surface area (Å²) in [6.07, 6.45) is 1.27. The molecule has 0 saturated carbocycles. The van der Waals surface area contributed by atoms with Crippen molar-refractivity contribution < 1.29 is 0 Å². The minimum Gasteiger partial charge on any atom is -0.0917 e. The SMILES string of the molecule is C[B]C(C)CC. The van der Waals surface area contributed by atoms with Crippen molar-refractivity contribution in [2.24, 2.45) is 0 Å². The van der Waals surface area contributed by atoms with Gasteiger partial charge in [-0.3, -0.25) is 0 Å². The third-order valence-corrected chi connectivity index (χ3v) is 1.21. The Balaban J connectivity index is 2.75. The van der Waals surface area contributed by atoms with Gasteiger partial charge in [-0.05, 0) is 0 Å². The van der Waals surface area contributed by atoms with Crippen LogP contribution in [0.5, 0.6) is 0 Å². The Morgan fingerprint density at radius 1 is 1.67 bits per heavy atom. The zero-order valence-corrected chi connectivity index (χ0v) is 4.86. The molecule has 35 valence electrons. The molecule has 1 heteroatoms. The number of hydrogen-bond donors (Lipinski definition) is 0. The average molecular weight is 83.0 g/mol. The van der Waals surface area contributed by atoms with Crippen LogP contribution in [0.1, 0.15) is 20.3 Å². The minimum absolute atomic E-state index is 0.810. The van der Waals surface area contributed by atoms with E-state index >= 15 is 0 Å². The second-order valence-electron chi connectivity index (χ2n) is 1.72. The summed E-state index contributed by atoms with van der Waals surface area (Å²) < 4.78 is 0. The molecule has 0 nitrogen and oxygen atoms in total. The van der Waals surface area contributed by atoms with Crippen LogP contribution in [0.25, 0.3) is 0 Å². The van der Waals surface area contributed by atoms with Gasteiger partial charge in [-0.15, -0.1) is 0 Å². The van der Waals surface area contributed by atoms with E-state index in [0.717, 1.165) is 5.82 Å². The smallest absolute Gasteiger partial charge is 0.0917 e. The molecule has 0 saturated heterocycles. The Morgan fingerprint density at radius 2 is 2.17 bits per heavy atom. The topological polar surface area (TPSA) is 0 Å². The lowest BCUT2D eigenvalue weighted by Crippen LogP contribution is -1.89. The van der Waals surface area contributed by atoms with Crippen LogP contribution < -0.4 is 0 Å². The van der Waals surface area contributed by atoms with Gasteiger partial charge >= 0.3 is 0 Å². The van der Waals surface area contributed by atoms with E-state index in [1.165, 1.54) is 6.42 Å². The molecule has 0 aromatic heterocycles. The Bertz CT molecular complexity index is 23.1. The molecular formula is C5H12B. The van der Waals surface area contributed by atoms with Gasteiger partial charge in [0.2, 0.25) is 0 Å². The van der Waals surface area contributed by atoms with Gasteiger partial charge < -0.3 is 0 Å². The highest BCUT2D eigenvalue weighted by molar-refractivity contribution is 6.35. The van der Waals surface area contributed by atoms with Gasteiger partial charge in [-0.2, -0.15) is 0 Å². The summed E-state index contributed by atoms with van der Waals surface area (Å²) in [5.74, 6) is 0.810. The summed E-state index contributed by atoms with van der Waals surface area (Å²) in [6.45, 7) is 6.53. The maximum absolute atomic E-state index is 2.22. The largest absolute Gasteiger partial charge is 0.109 e. The van der Waals surface area contributed by atoms with Gasteiger partial charge in [-0.25, -0.2) is 0 Å². The van der Waals surface area contributed by atoms with Gasteiger partial charge in [0.25, 0.3) is 0 Å². The Kier molecular flexibility index (Phi) is 3.30. The summed E-state index contributed by atoms with van der Waals surface area (Å²) in [7, 11) is 2.22. The van der Waals surface area contributed by atoms with E-state index < -0.39 is 0 Å². The third kappa shape index (κ3) is 2.31. The molecule has 1 unspecified atom stereocenters. The Hall–Kier alpha value is 0.0649. The fourth-order valence-corrected chi connectivity index (χ4v) is 0.236. The van der Waals surface area contributed by atoms with E-state index in [-0.39, 0.29) is 0 Å². The molecule has 0 N–H and O–H groups in total. The van der Waals surface area contributed by atoms with Crippen molar-refractivity contribution in [2.45, 2.75) is 32.9 Å². The van der Waals surface area contributed by atoms with Crippen LogP contribution in [0.3, 0.4) is 0 Å². The predicted octanol–water partition coefficient (Wildman–Crippen LogP) is 1.96. The molecule has 0 aliphatic carbocycles. The molecule has 0 fully saturated rings. The molecular weight excluding hydrogens is 70.9 g/mol. The first-order chi connectivity index (χ1) is 2.81. The Morgan fingerprint density at radius 3 is 2.17 bits per heavy atom. The molecule has 0 rings (SSSR count). The fourth-order valence-electron chi connectivity index (χ4n) is 0.236. The van der Waals surface area contributed by atoms with Gasteiger partial charge in [0.1, 0.15) is 7.28 Å². The van der Waals surface area contributed by atoms with Gasteiger partial charge in [0.05, 0.1) is 0 Å². The standard InChI is InChI=1S/C5H12B/c1-4-5(2)6-3/h5H,4H2,1-3H3. The molecule has 0 bridgehead atoms. The maximum Gasteiger partial charge on any atom is 0.109 e. The predicted molar refractivity (Wildman–Crippen MR) is 31.3 cm³/mol. The molecule has 0 heterocycles. The van der Waals surface area contributed by atoms with Gasteiger partial charge in [0, 0.05) is 0 Å². The highest BCUT2D eigenvalue weighted by Crippen LogP contribution is 2.03. The second kappa shape index (κ2) is 3.26. The quantitative estimate of drug-likeness (QED) is 0.447. The van der Waals surface area contributed by atoms with Crippen LogP contribution in [-0.4, -0.2) is 7.28 Å². The van der Waals surface area contributed by atoms with Crippen molar-refractivity contribution in [1.82, 2.24) is 0 Å². The highest BCUT2D eigenvalue weighted by atomic mass is 13.8. The monoisotopic (exact) mass is 83.1 g/mol. The molecule has 1 atom stereocenters. The molecule has 0 aromatic carbocycles. The summed E-state index contributed by atoms with van der Waals surface area (Å²) in [5, 5.41) is 0. The highest BCUT2D eigenvalue weighted by Gasteiger charge is 1.90. The first kappa shape index (κ1) is 6.06. The van der Waals surface area contributed by atoms with Crippen LogP contribution in [-0.2, 0) is 0 Å². The van der Waals surface area contributed by atoms with E-state index in [4.69, 9.17) is 0 Å². The molecule has 0 aromatic rings. The van der Waals surface area contributed by atoms with E-state index in [1.54, 1.807) is 0 Å². The Labute approximate surface area is 41.2 Å². The zero-order valence-electron chi connectivity index (χ0n) is 4.86. The van der Waals surface area contributed by atoms with Gasteiger partial charge in [0.15, 0.2) is 0 Å². The lowest BCUT2D eigenvalue weighted by Gasteiger charge is -1.97. The molecule has 0 aliphatic rings. The lowest BCUT2D eigenvalue weighted by molar-refractivity contribution is 0.871. The number of hydrogen-bond acceptors (Lipinski definition) is 0. The van der Waals surface area contributed by atoms with Crippen LogP contribution in [0, 0.1) is 0 Å².